The van der Waals surface area contributed by atoms with E-state index in [-0.39, 0.29) is 5.78 Å². The van der Waals surface area contributed by atoms with Crippen LogP contribution in [0.5, 0.6) is 5.75 Å². The number of methoxy groups -OCH3 is 1. The molecule has 112 valence electrons. The molecule has 0 aliphatic carbocycles. The third-order valence-electron chi connectivity index (χ3n) is 3.31. The lowest BCUT2D eigenvalue weighted by molar-refractivity contribution is 0.102. The standard InChI is InChI=1S/C16H21N3O2/c1-12-5-7-13(8-6-12)16(20)15-14(21-4)11-17-19(15)10-9-18(2)3/h5-8,11H,9-10H2,1-4H3. The van der Waals surface area contributed by atoms with Crippen molar-refractivity contribution in [1.82, 2.24) is 14.7 Å². The number of aryl methyl sites for hydroxylation is 1. The van der Waals surface area contributed by atoms with Crippen molar-refractivity contribution in [1.29, 1.82) is 0 Å². The molecule has 5 heteroatoms. The van der Waals surface area contributed by atoms with Gasteiger partial charge in [0.1, 0.15) is 0 Å². The first-order valence-corrected chi connectivity index (χ1v) is 6.89. The average Bonchev–Trinajstić information content (AvgIpc) is 2.88. The minimum absolute atomic E-state index is 0.0666. The molecule has 0 bridgehead atoms. The van der Waals surface area contributed by atoms with Crippen LogP contribution in [0.4, 0.5) is 0 Å². The molecule has 1 aromatic heterocycles. The van der Waals surface area contributed by atoms with Gasteiger partial charge >= 0.3 is 0 Å². The van der Waals surface area contributed by atoms with Crippen molar-refractivity contribution in [3.8, 4) is 5.75 Å². The molecule has 1 aromatic carbocycles. The number of ether oxygens (including phenoxy) is 1. The number of likely N-dealkylation sites (N-methyl/N-ethyl adjacent to an activating group) is 1. The molecule has 21 heavy (non-hydrogen) atoms. The van der Waals surface area contributed by atoms with E-state index in [1.165, 1.54) is 0 Å². The Bertz CT molecular complexity index is 615. The van der Waals surface area contributed by atoms with E-state index in [1.807, 2.05) is 50.2 Å². The summed E-state index contributed by atoms with van der Waals surface area (Å²) in [6.45, 7) is 3.44. The van der Waals surface area contributed by atoms with Gasteiger partial charge < -0.3 is 9.64 Å². The van der Waals surface area contributed by atoms with Gasteiger partial charge in [-0.15, -0.1) is 0 Å². The Kier molecular flexibility index (Phi) is 4.75. The third-order valence-corrected chi connectivity index (χ3v) is 3.31. The van der Waals surface area contributed by atoms with Gasteiger partial charge in [0, 0.05) is 12.1 Å². The van der Waals surface area contributed by atoms with Crippen molar-refractivity contribution in [3.05, 3.63) is 47.3 Å². The van der Waals surface area contributed by atoms with E-state index in [9.17, 15) is 4.79 Å². The topological polar surface area (TPSA) is 47.4 Å². The number of hydrogen-bond donors (Lipinski definition) is 0. The molecule has 0 radical (unpaired) electrons. The highest BCUT2D eigenvalue weighted by molar-refractivity contribution is 6.09. The second-order valence-corrected chi connectivity index (χ2v) is 5.28. The van der Waals surface area contributed by atoms with Crippen molar-refractivity contribution in [2.75, 3.05) is 27.7 Å². The van der Waals surface area contributed by atoms with Crippen molar-refractivity contribution < 1.29 is 9.53 Å². The Balaban J connectivity index is 2.34. The Morgan fingerprint density at radius 3 is 2.52 bits per heavy atom. The Labute approximate surface area is 125 Å². The largest absolute Gasteiger partial charge is 0.493 e. The van der Waals surface area contributed by atoms with Gasteiger partial charge in [-0.2, -0.15) is 5.10 Å². The number of ketones is 1. The summed E-state index contributed by atoms with van der Waals surface area (Å²) in [6, 6.07) is 7.53. The zero-order chi connectivity index (χ0) is 15.4. The summed E-state index contributed by atoms with van der Waals surface area (Å²) in [5, 5.41) is 4.27. The summed E-state index contributed by atoms with van der Waals surface area (Å²) in [6.07, 6.45) is 1.59. The van der Waals surface area contributed by atoms with Crippen LogP contribution in [0.2, 0.25) is 0 Å². The molecule has 0 aliphatic rings. The Morgan fingerprint density at radius 2 is 1.95 bits per heavy atom. The van der Waals surface area contributed by atoms with E-state index in [4.69, 9.17) is 4.74 Å². The molecule has 2 rings (SSSR count). The van der Waals surface area contributed by atoms with Gasteiger partial charge in [0.05, 0.1) is 19.9 Å². The lowest BCUT2D eigenvalue weighted by Gasteiger charge is -2.12. The summed E-state index contributed by atoms with van der Waals surface area (Å²) in [5.74, 6) is 0.447. The molecule has 0 saturated carbocycles. The van der Waals surface area contributed by atoms with Crippen LogP contribution in [0.3, 0.4) is 0 Å². The number of rotatable bonds is 6. The summed E-state index contributed by atoms with van der Waals surface area (Å²) in [5.41, 5.74) is 2.27. The summed E-state index contributed by atoms with van der Waals surface area (Å²) < 4.78 is 6.99. The summed E-state index contributed by atoms with van der Waals surface area (Å²) >= 11 is 0. The number of carbonyl (C=O) groups excluding carboxylic acids is 1. The number of aromatic nitrogens is 2. The minimum atomic E-state index is -0.0666. The number of benzene rings is 1. The van der Waals surface area contributed by atoms with Crippen molar-refractivity contribution in [2.24, 2.45) is 0 Å². The highest BCUT2D eigenvalue weighted by Crippen LogP contribution is 2.21. The van der Waals surface area contributed by atoms with E-state index in [0.29, 0.717) is 23.6 Å². The summed E-state index contributed by atoms with van der Waals surface area (Å²) in [7, 11) is 5.53. The van der Waals surface area contributed by atoms with Gasteiger partial charge in [0.15, 0.2) is 11.4 Å². The third kappa shape index (κ3) is 3.49. The summed E-state index contributed by atoms with van der Waals surface area (Å²) in [4.78, 5) is 14.8. The van der Waals surface area contributed by atoms with E-state index >= 15 is 0 Å². The monoisotopic (exact) mass is 287 g/mol. The van der Waals surface area contributed by atoms with Crippen molar-refractivity contribution >= 4 is 5.78 Å². The maximum atomic E-state index is 12.7. The zero-order valence-electron chi connectivity index (χ0n) is 13.0. The zero-order valence-corrected chi connectivity index (χ0v) is 13.0. The first-order valence-electron chi connectivity index (χ1n) is 6.89. The molecule has 0 unspecified atom stereocenters. The molecular formula is C16H21N3O2. The van der Waals surface area contributed by atoms with E-state index in [0.717, 1.165) is 12.1 Å². The molecule has 1 heterocycles. The normalized spacial score (nSPS) is 10.9. The molecule has 0 N–H and O–H groups in total. The number of carbonyl (C=O) groups is 1. The maximum Gasteiger partial charge on any atom is 0.214 e. The molecule has 0 atom stereocenters. The average molecular weight is 287 g/mol. The first kappa shape index (κ1) is 15.3. The van der Waals surface area contributed by atoms with Crippen LogP contribution in [0.25, 0.3) is 0 Å². The Morgan fingerprint density at radius 1 is 1.29 bits per heavy atom. The Hall–Kier alpha value is -2.14. The fourth-order valence-corrected chi connectivity index (χ4v) is 2.05. The number of hydrogen-bond acceptors (Lipinski definition) is 4. The fourth-order valence-electron chi connectivity index (χ4n) is 2.05. The van der Waals surface area contributed by atoms with Crippen LogP contribution in [0, 0.1) is 6.92 Å². The lowest BCUT2D eigenvalue weighted by Crippen LogP contribution is -2.22. The second kappa shape index (κ2) is 6.54. The van der Waals surface area contributed by atoms with Gasteiger partial charge in [-0.05, 0) is 21.0 Å². The maximum absolute atomic E-state index is 12.7. The van der Waals surface area contributed by atoms with Gasteiger partial charge in [-0.1, -0.05) is 29.8 Å². The SMILES string of the molecule is COc1cnn(CCN(C)C)c1C(=O)c1ccc(C)cc1. The van der Waals surface area contributed by atoms with Crippen LogP contribution < -0.4 is 4.74 Å². The molecule has 5 nitrogen and oxygen atoms in total. The number of nitrogens with zero attached hydrogens (tertiary/aromatic N) is 3. The van der Waals surface area contributed by atoms with Crippen molar-refractivity contribution in [2.45, 2.75) is 13.5 Å². The predicted molar refractivity (Wildman–Crippen MR) is 81.9 cm³/mol. The molecule has 0 aliphatic heterocycles. The quantitative estimate of drug-likeness (QED) is 0.762. The predicted octanol–water partition coefficient (Wildman–Crippen LogP) is 1.99. The van der Waals surface area contributed by atoms with Gasteiger partial charge in [-0.25, -0.2) is 0 Å². The van der Waals surface area contributed by atoms with Gasteiger partial charge in [-0.3, -0.25) is 9.48 Å². The fraction of sp³-hybridized carbons (Fsp3) is 0.375. The van der Waals surface area contributed by atoms with E-state index in [2.05, 4.69) is 5.10 Å². The van der Waals surface area contributed by atoms with Crippen LogP contribution in [0.15, 0.2) is 30.5 Å². The first-order chi connectivity index (χ1) is 10.0. The van der Waals surface area contributed by atoms with Crippen LogP contribution in [0.1, 0.15) is 21.6 Å². The molecule has 2 aromatic rings. The van der Waals surface area contributed by atoms with E-state index < -0.39 is 0 Å². The van der Waals surface area contributed by atoms with Crippen molar-refractivity contribution in [3.63, 3.8) is 0 Å². The van der Waals surface area contributed by atoms with Gasteiger partial charge in [0.25, 0.3) is 0 Å². The van der Waals surface area contributed by atoms with Crippen LogP contribution in [-0.2, 0) is 6.54 Å². The van der Waals surface area contributed by atoms with Gasteiger partial charge in [0.2, 0.25) is 5.78 Å². The smallest absolute Gasteiger partial charge is 0.214 e. The van der Waals surface area contributed by atoms with Crippen LogP contribution in [-0.4, -0.2) is 48.2 Å². The molecule has 0 spiro atoms. The molecular weight excluding hydrogens is 266 g/mol. The van der Waals surface area contributed by atoms with E-state index in [1.54, 1.807) is 18.0 Å². The molecule has 0 saturated heterocycles. The molecule has 0 amide bonds. The highest BCUT2D eigenvalue weighted by Gasteiger charge is 2.20. The molecule has 0 fully saturated rings. The highest BCUT2D eigenvalue weighted by atomic mass is 16.5. The lowest BCUT2D eigenvalue weighted by atomic mass is 10.1. The second-order valence-electron chi connectivity index (χ2n) is 5.28. The van der Waals surface area contributed by atoms with Crippen LogP contribution >= 0.6 is 0 Å². The minimum Gasteiger partial charge on any atom is -0.493 e.